The SMILES string of the molecule is CCOC(=O)N1CCC(NC(=O)c2cc(O)[nH]c(=O)c2)CC1. The van der Waals surface area contributed by atoms with Gasteiger partial charge in [-0.15, -0.1) is 0 Å². The number of aromatic hydroxyl groups is 1. The number of nitrogens with one attached hydrogen (secondary N) is 2. The average molecular weight is 309 g/mol. The third-order valence-corrected chi connectivity index (χ3v) is 3.45. The highest BCUT2D eigenvalue weighted by molar-refractivity contribution is 5.94. The molecule has 8 nitrogen and oxygen atoms in total. The van der Waals surface area contributed by atoms with E-state index in [2.05, 4.69) is 10.3 Å². The number of nitrogens with zero attached hydrogens (tertiary/aromatic N) is 1. The molecule has 3 N–H and O–H groups in total. The molecule has 8 heteroatoms. The summed E-state index contributed by atoms with van der Waals surface area (Å²) in [5, 5.41) is 12.1. The van der Waals surface area contributed by atoms with Gasteiger partial charge in [-0.05, 0) is 19.8 Å². The Labute approximate surface area is 127 Å². The van der Waals surface area contributed by atoms with Crippen LogP contribution in [0.4, 0.5) is 4.79 Å². The summed E-state index contributed by atoms with van der Waals surface area (Å²) in [7, 11) is 0. The minimum absolute atomic E-state index is 0.0837. The van der Waals surface area contributed by atoms with Crippen LogP contribution in [-0.4, -0.2) is 52.7 Å². The molecule has 0 bridgehead atoms. The first-order valence-corrected chi connectivity index (χ1v) is 7.15. The Morgan fingerprint density at radius 3 is 2.68 bits per heavy atom. The lowest BCUT2D eigenvalue weighted by molar-refractivity contribution is 0.0859. The van der Waals surface area contributed by atoms with Gasteiger partial charge in [-0.2, -0.15) is 0 Å². The minimum atomic E-state index is -0.540. The molecule has 1 aliphatic rings. The molecule has 2 heterocycles. The molecule has 0 unspecified atom stereocenters. The fraction of sp³-hybridized carbons (Fsp3) is 0.500. The molecule has 0 radical (unpaired) electrons. The van der Waals surface area contributed by atoms with Gasteiger partial charge in [-0.1, -0.05) is 0 Å². The fourth-order valence-corrected chi connectivity index (χ4v) is 2.35. The maximum atomic E-state index is 12.1. The van der Waals surface area contributed by atoms with Gasteiger partial charge in [0, 0.05) is 31.3 Å². The number of carbonyl (C=O) groups excluding carboxylic acids is 2. The third-order valence-electron chi connectivity index (χ3n) is 3.45. The first kappa shape index (κ1) is 15.9. The van der Waals surface area contributed by atoms with E-state index < -0.39 is 11.5 Å². The van der Waals surface area contributed by atoms with Gasteiger partial charge in [0.05, 0.1) is 12.2 Å². The number of piperidine rings is 1. The van der Waals surface area contributed by atoms with Gasteiger partial charge in [0.25, 0.3) is 11.5 Å². The Balaban J connectivity index is 1.89. The largest absolute Gasteiger partial charge is 0.494 e. The van der Waals surface area contributed by atoms with Crippen molar-refractivity contribution in [1.29, 1.82) is 0 Å². The second-order valence-electron chi connectivity index (χ2n) is 5.05. The van der Waals surface area contributed by atoms with Crippen LogP contribution in [0.2, 0.25) is 0 Å². The quantitative estimate of drug-likeness (QED) is 0.749. The molecule has 2 rings (SSSR count). The second-order valence-corrected chi connectivity index (χ2v) is 5.05. The Morgan fingerprint density at radius 1 is 1.41 bits per heavy atom. The molecule has 0 spiro atoms. The number of aromatic nitrogens is 1. The average Bonchev–Trinajstić information content (AvgIpc) is 2.47. The zero-order valence-corrected chi connectivity index (χ0v) is 12.3. The van der Waals surface area contributed by atoms with Crippen LogP contribution in [0.1, 0.15) is 30.1 Å². The number of carbonyl (C=O) groups is 2. The van der Waals surface area contributed by atoms with Gasteiger partial charge in [-0.3, -0.25) is 14.6 Å². The van der Waals surface area contributed by atoms with Crippen LogP contribution in [0, 0.1) is 0 Å². The van der Waals surface area contributed by atoms with Crippen LogP contribution in [0.15, 0.2) is 16.9 Å². The molecule has 0 aromatic carbocycles. The molecule has 0 saturated carbocycles. The van der Waals surface area contributed by atoms with Crippen LogP contribution >= 0.6 is 0 Å². The van der Waals surface area contributed by atoms with Crippen molar-refractivity contribution in [3.63, 3.8) is 0 Å². The lowest BCUT2D eigenvalue weighted by atomic mass is 10.0. The highest BCUT2D eigenvalue weighted by Gasteiger charge is 2.24. The highest BCUT2D eigenvalue weighted by atomic mass is 16.6. The number of hydrogen-bond donors (Lipinski definition) is 3. The number of aromatic amines is 1. The van der Waals surface area contributed by atoms with Gasteiger partial charge < -0.3 is 20.1 Å². The summed E-state index contributed by atoms with van der Waals surface area (Å²) in [6.07, 6.45) is 0.881. The topological polar surface area (TPSA) is 112 Å². The molecule has 0 aliphatic carbocycles. The Bertz CT molecular complexity index is 605. The van der Waals surface area contributed by atoms with Crippen LogP contribution < -0.4 is 10.9 Å². The number of H-pyrrole nitrogens is 1. The first-order chi connectivity index (χ1) is 10.5. The summed E-state index contributed by atoms with van der Waals surface area (Å²) in [5.41, 5.74) is -0.434. The first-order valence-electron chi connectivity index (χ1n) is 7.15. The van der Waals surface area contributed by atoms with Crippen LogP contribution in [0.5, 0.6) is 5.88 Å². The van der Waals surface area contributed by atoms with Crippen LogP contribution in [0.3, 0.4) is 0 Å². The molecule has 22 heavy (non-hydrogen) atoms. The lowest BCUT2D eigenvalue weighted by Crippen LogP contribution is -2.46. The minimum Gasteiger partial charge on any atom is -0.494 e. The molecule has 120 valence electrons. The van der Waals surface area contributed by atoms with Crippen molar-refractivity contribution < 1.29 is 19.4 Å². The maximum Gasteiger partial charge on any atom is 0.409 e. The van der Waals surface area contributed by atoms with Gasteiger partial charge in [0.15, 0.2) is 5.88 Å². The maximum absolute atomic E-state index is 12.1. The molecular formula is C14H19N3O5. The monoisotopic (exact) mass is 309 g/mol. The van der Waals surface area contributed by atoms with Gasteiger partial charge in [0.2, 0.25) is 0 Å². The number of hydrogen-bond acceptors (Lipinski definition) is 5. The summed E-state index contributed by atoms with van der Waals surface area (Å²) in [6, 6.07) is 2.24. The zero-order chi connectivity index (χ0) is 16.1. The van der Waals surface area contributed by atoms with E-state index in [4.69, 9.17) is 4.74 Å². The fourth-order valence-electron chi connectivity index (χ4n) is 2.35. The van der Waals surface area contributed by atoms with Crippen molar-refractivity contribution in [1.82, 2.24) is 15.2 Å². The van der Waals surface area contributed by atoms with Crippen molar-refractivity contribution >= 4 is 12.0 Å². The normalized spacial score (nSPS) is 15.4. The Kier molecular flexibility index (Phi) is 5.03. The number of ether oxygens (including phenoxy) is 1. The standard InChI is InChI=1S/C14H19N3O5/c1-2-22-14(21)17-5-3-10(4-6-17)15-13(20)9-7-11(18)16-12(19)8-9/h7-8,10H,2-6H2,1H3,(H,15,20)(H2,16,18,19). The zero-order valence-electron chi connectivity index (χ0n) is 12.3. The summed E-state index contributed by atoms with van der Waals surface area (Å²) in [5.74, 6) is -0.772. The summed E-state index contributed by atoms with van der Waals surface area (Å²) >= 11 is 0. The van der Waals surface area contributed by atoms with E-state index in [0.29, 0.717) is 32.5 Å². The lowest BCUT2D eigenvalue weighted by Gasteiger charge is -2.31. The van der Waals surface area contributed by atoms with Crippen molar-refractivity contribution in [2.24, 2.45) is 0 Å². The van der Waals surface area contributed by atoms with Crippen LogP contribution in [-0.2, 0) is 4.74 Å². The number of pyridine rings is 1. The van der Waals surface area contributed by atoms with Crippen LogP contribution in [0.25, 0.3) is 0 Å². The van der Waals surface area contributed by atoms with E-state index in [1.807, 2.05) is 0 Å². The third kappa shape index (κ3) is 4.00. The summed E-state index contributed by atoms with van der Waals surface area (Å²) < 4.78 is 4.93. The molecule has 1 aromatic rings. The number of rotatable bonds is 3. The molecule has 1 aromatic heterocycles. The molecule has 0 atom stereocenters. The van der Waals surface area contributed by atoms with E-state index in [1.54, 1.807) is 11.8 Å². The van der Waals surface area contributed by atoms with Gasteiger partial charge in [0.1, 0.15) is 0 Å². The molecule has 1 saturated heterocycles. The van der Waals surface area contributed by atoms with Gasteiger partial charge in [-0.25, -0.2) is 4.79 Å². The second kappa shape index (κ2) is 6.97. The predicted molar refractivity (Wildman–Crippen MR) is 77.8 cm³/mol. The Morgan fingerprint density at radius 2 is 2.09 bits per heavy atom. The van der Waals surface area contributed by atoms with Gasteiger partial charge >= 0.3 is 6.09 Å². The number of likely N-dealkylation sites (tertiary alicyclic amines) is 1. The van der Waals surface area contributed by atoms with Crippen molar-refractivity contribution in [3.8, 4) is 5.88 Å². The number of amides is 2. The molecule has 1 fully saturated rings. The molecule has 2 amide bonds. The Hall–Kier alpha value is -2.51. The molecular weight excluding hydrogens is 290 g/mol. The van der Waals surface area contributed by atoms with Crippen molar-refractivity contribution in [3.05, 3.63) is 28.0 Å². The highest BCUT2D eigenvalue weighted by Crippen LogP contribution is 2.13. The van der Waals surface area contributed by atoms with Crippen molar-refractivity contribution in [2.45, 2.75) is 25.8 Å². The summed E-state index contributed by atoms with van der Waals surface area (Å²) in [6.45, 7) is 3.10. The molecule has 1 aliphatic heterocycles. The summed E-state index contributed by atoms with van der Waals surface area (Å²) in [4.78, 5) is 38.6. The van der Waals surface area contributed by atoms with E-state index >= 15 is 0 Å². The smallest absolute Gasteiger partial charge is 0.409 e. The van der Waals surface area contributed by atoms with E-state index in [-0.39, 0.29) is 23.6 Å². The van der Waals surface area contributed by atoms with E-state index in [9.17, 15) is 19.5 Å². The predicted octanol–water partition coefficient (Wildman–Crippen LogP) is 0.431. The van der Waals surface area contributed by atoms with E-state index in [1.165, 1.54) is 6.07 Å². The van der Waals surface area contributed by atoms with Crippen molar-refractivity contribution in [2.75, 3.05) is 19.7 Å². The van der Waals surface area contributed by atoms with E-state index in [0.717, 1.165) is 6.07 Å².